The van der Waals surface area contributed by atoms with Gasteiger partial charge < -0.3 is 29.6 Å². The first-order valence-corrected chi connectivity index (χ1v) is 10.7. The number of nitrogens with zero attached hydrogens (tertiary/aromatic N) is 2. The number of nitrogens with one attached hydrogen (secondary N) is 1. The summed E-state index contributed by atoms with van der Waals surface area (Å²) >= 11 is 0. The van der Waals surface area contributed by atoms with Crippen LogP contribution >= 0.6 is 0 Å². The number of fused-ring (bicyclic) bond motifs is 1. The highest BCUT2D eigenvalue weighted by atomic mass is 19.1. The number of amides is 1. The van der Waals surface area contributed by atoms with Crippen molar-refractivity contribution in [1.29, 1.82) is 0 Å². The van der Waals surface area contributed by atoms with Crippen molar-refractivity contribution < 1.29 is 33.3 Å². The molecule has 180 valence electrons. The molecule has 0 aliphatic carbocycles. The van der Waals surface area contributed by atoms with Crippen LogP contribution in [0.1, 0.15) is 17.3 Å². The van der Waals surface area contributed by atoms with Crippen LogP contribution < -0.4 is 10.1 Å². The molecule has 2 heterocycles. The minimum Gasteiger partial charge on any atom is -0.502 e. The number of carbonyl (C=O) groups excluding carboxylic acids is 1. The van der Waals surface area contributed by atoms with E-state index in [-0.39, 0.29) is 22.7 Å². The van der Waals surface area contributed by atoms with E-state index in [9.17, 15) is 19.4 Å². The Bertz CT molecular complexity index is 1460. The molecule has 5 rings (SSSR count). The number of anilines is 1. The summed E-state index contributed by atoms with van der Waals surface area (Å²) in [6.07, 6.45) is 0. The lowest BCUT2D eigenvalue weighted by Crippen LogP contribution is -2.49. The number of benzene rings is 3. The van der Waals surface area contributed by atoms with E-state index < -0.39 is 34.6 Å². The Morgan fingerprint density at radius 2 is 1.83 bits per heavy atom. The minimum atomic E-state index is -1.05. The van der Waals surface area contributed by atoms with E-state index in [1.54, 1.807) is 22.8 Å². The molecular weight excluding hydrogens is 460 g/mol. The van der Waals surface area contributed by atoms with Crippen molar-refractivity contribution in [3.05, 3.63) is 65.7 Å². The van der Waals surface area contributed by atoms with Crippen LogP contribution in [0, 0.1) is 11.6 Å². The minimum absolute atomic E-state index is 0.0710. The lowest BCUT2D eigenvalue weighted by atomic mass is 9.98. The third-order valence-electron chi connectivity index (χ3n) is 6.02. The zero-order valence-electron chi connectivity index (χ0n) is 18.8. The van der Waals surface area contributed by atoms with E-state index >= 15 is 4.39 Å². The Morgan fingerprint density at radius 3 is 2.46 bits per heavy atom. The van der Waals surface area contributed by atoms with Gasteiger partial charge in [-0.15, -0.1) is 0 Å². The number of aromatic hydroxyl groups is 2. The molecule has 1 fully saturated rings. The molecule has 10 heteroatoms. The Hall–Kier alpha value is -4.18. The Balaban J connectivity index is 1.64. The number of halogens is 2. The van der Waals surface area contributed by atoms with Gasteiger partial charge in [-0.25, -0.2) is 13.8 Å². The quantitative estimate of drug-likeness (QED) is 0.365. The summed E-state index contributed by atoms with van der Waals surface area (Å²) in [5.74, 6) is -3.49. The van der Waals surface area contributed by atoms with Crippen LogP contribution in [0.2, 0.25) is 0 Å². The maximum Gasteiger partial charge on any atom is 0.255 e. The van der Waals surface area contributed by atoms with Gasteiger partial charge in [0.15, 0.2) is 17.3 Å². The lowest BCUT2D eigenvalue weighted by Gasteiger charge is -2.40. The molecule has 1 aliphatic heterocycles. The number of hydrogen-bond donors (Lipinski definition) is 3. The van der Waals surface area contributed by atoms with E-state index in [1.165, 1.54) is 37.4 Å². The second-order valence-electron chi connectivity index (χ2n) is 8.56. The predicted octanol–water partition coefficient (Wildman–Crippen LogP) is 4.40. The highest BCUT2D eigenvalue weighted by Gasteiger charge is 2.39. The maximum atomic E-state index is 15.1. The number of carbonyl (C=O) groups is 1. The molecule has 3 N–H and O–H groups in total. The van der Waals surface area contributed by atoms with Crippen LogP contribution in [0.5, 0.6) is 17.2 Å². The summed E-state index contributed by atoms with van der Waals surface area (Å²) in [6, 6.07) is 11.5. The van der Waals surface area contributed by atoms with Crippen LogP contribution in [0.3, 0.4) is 0 Å². The molecule has 1 saturated heterocycles. The molecule has 1 aromatic heterocycles. The van der Waals surface area contributed by atoms with Crippen LogP contribution in [-0.2, 0) is 10.3 Å². The topological polar surface area (TPSA) is 106 Å². The zero-order chi connectivity index (χ0) is 24.9. The summed E-state index contributed by atoms with van der Waals surface area (Å²) in [6.45, 7) is 2.58. The van der Waals surface area contributed by atoms with Crippen molar-refractivity contribution >= 4 is 22.6 Å². The summed E-state index contributed by atoms with van der Waals surface area (Å²) in [5, 5.41) is 22.9. The molecule has 35 heavy (non-hydrogen) atoms. The van der Waals surface area contributed by atoms with Gasteiger partial charge in [-0.05, 0) is 55.5 Å². The fraction of sp³-hybridized carbons (Fsp3) is 0.200. The van der Waals surface area contributed by atoms with Gasteiger partial charge >= 0.3 is 0 Å². The molecule has 1 amide bonds. The van der Waals surface area contributed by atoms with Crippen molar-refractivity contribution in [2.45, 2.75) is 12.5 Å². The third kappa shape index (κ3) is 3.71. The maximum absolute atomic E-state index is 15.1. The third-order valence-corrected chi connectivity index (χ3v) is 6.02. The molecule has 0 bridgehead atoms. The van der Waals surface area contributed by atoms with Crippen LogP contribution in [0.25, 0.3) is 22.4 Å². The number of methoxy groups -OCH3 is 1. The predicted molar refractivity (Wildman–Crippen MR) is 124 cm³/mol. The van der Waals surface area contributed by atoms with Gasteiger partial charge in [0.25, 0.3) is 5.91 Å². The molecule has 3 aromatic carbocycles. The van der Waals surface area contributed by atoms with Crippen LogP contribution in [0.4, 0.5) is 14.5 Å². The van der Waals surface area contributed by atoms with Gasteiger partial charge in [-0.2, -0.15) is 0 Å². The lowest BCUT2D eigenvalue weighted by molar-refractivity contribution is -0.0868. The molecule has 0 saturated carbocycles. The van der Waals surface area contributed by atoms with Crippen molar-refractivity contribution in [2.24, 2.45) is 0 Å². The molecule has 4 aromatic rings. The first-order chi connectivity index (χ1) is 16.7. The molecule has 0 atom stereocenters. The Morgan fingerprint density at radius 1 is 1.11 bits per heavy atom. The molecule has 1 aliphatic rings. The normalized spacial score (nSPS) is 14.5. The first-order valence-electron chi connectivity index (χ1n) is 10.7. The number of phenols is 2. The number of hydrogen-bond acceptors (Lipinski definition) is 6. The average Bonchev–Trinajstić information content (AvgIpc) is 3.20. The van der Waals surface area contributed by atoms with E-state index in [1.807, 2.05) is 6.92 Å². The van der Waals surface area contributed by atoms with Crippen LogP contribution in [-0.4, -0.2) is 46.0 Å². The van der Waals surface area contributed by atoms with Crippen molar-refractivity contribution in [3.8, 4) is 28.6 Å². The molecule has 8 nitrogen and oxygen atoms in total. The van der Waals surface area contributed by atoms with Gasteiger partial charge in [0, 0.05) is 11.3 Å². The molecule has 0 radical (unpaired) electrons. The molecular formula is C25H21F2N3O5. The fourth-order valence-electron chi connectivity index (χ4n) is 4.14. The number of imidazole rings is 1. The summed E-state index contributed by atoms with van der Waals surface area (Å²) in [4.78, 5) is 17.2. The molecule has 0 unspecified atom stereocenters. The summed E-state index contributed by atoms with van der Waals surface area (Å²) in [7, 11) is 1.29. The second kappa shape index (κ2) is 8.24. The van der Waals surface area contributed by atoms with Crippen molar-refractivity contribution in [2.75, 3.05) is 25.6 Å². The van der Waals surface area contributed by atoms with E-state index in [2.05, 4.69) is 10.3 Å². The smallest absolute Gasteiger partial charge is 0.255 e. The second-order valence-corrected chi connectivity index (χ2v) is 8.56. The number of rotatable bonds is 5. The Kier molecular flexibility index (Phi) is 5.32. The fourth-order valence-corrected chi connectivity index (χ4v) is 4.14. The van der Waals surface area contributed by atoms with Gasteiger partial charge in [-0.1, -0.05) is 0 Å². The van der Waals surface area contributed by atoms with E-state index in [0.717, 1.165) is 0 Å². The monoisotopic (exact) mass is 481 g/mol. The molecule has 0 spiro atoms. The highest BCUT2D eigenvalue weighted by molar-refractivity contribution is 6.05. The van der Waals surface area contributed by atoms with Crippen LogP contribution in [0.15, 0.2) is 48.5 Å². The first kappa shape index (κ1) is 22.6. The van der Waals surface area contributed by atoms with E-state index in [0.29, 0.717) is 29.9 Å². The number of aromatic nitrogens is 2. The van der Waals surface area contributed by atoms with Crippen molar-refractivity contribution in [1.82, 2.24) is 9.55 Å². The average molecular weight is 481 g/mol. The summed E-state index contributed by atoms with van der Waals surface area (Å²) in [5.41, 5.74) is 1.19. The van der Waals surface area contributed by atoms with E-state index in [4.69, 9.17) is 9.47 Å². The highest BCUT2D eigenvalue weighted by Crippen LogP contribution is 2.45. The standard InChI is InChI=1S/C25H21F2N3O5/c1-25(11-35-12-25)30-18-9-15(28-24(33)13-3-5-14(26)6-4-13)7-8-17(18)29-23(30)16-10-19(34-2)21(31)22(32)20(16)27/h3-10,31-32H,11-12H2,1-2H3,(H,28,33). The van der Waals surface area contributed by atoms with Crippen molar-refractivity contribution in [3.63, 3.8) is 0 Å². The van der Waals surface area contributed by atoms with Gasteiger partial charge in [0.1, 0.15) is 11.6 Å². The van der Waals surface area contributed by atoms with Gasteiger partial charge in [-0.3, -0.25) is 4.79 Å². The SMILES string of the molecule is COc1cc(-c2nc3ccc(NC(=O)c4ccc(F)cc4)cc3n2C2(C)COC2)c(F)c(O)c1O. The van der Waals surface area contributed by atoms with Gasteiger partial charge in [0.2, 0.25) is 5.75 Å². The van der Waals surface area contributed by atoms with Gasteiger partial charge in [0.05, 0.1) is 42.5 Å². The Labute approximate surface area is 198 Å². The largest absolute Gasteiger partial charge is 0.502 e. The summed E-state index contributed by atoms with van der Waals surface area (Å²) < 4.78 is 40.6. The number of phenolic OH excluding ortho intramolecular Hbond substituents is 2. The zero-order valence-corrected chi connectivity index (χ0v) is 18.8. The number of ether oxygens (including phenoxy) is 2.